The Bertz CT molecular complexity index is 681. The number of sulfonamides is 1. The van der Waals surface area contributed by atoms with Crippen LogP contribution in [0.2, 0.25) is 0 Å². The molecule has 1 aliphatic rings. The number of hydrogen-bond acceptors (Lipinski definition) is 4. The van der Waals surface area contributed by atoms with Gasteiger partial charge in [-0.15, -0.1) is 0 Å². The van der Waals surface area contributed by atoms with Crippen LogP contribution in [0.5, 0.6) is 0 Å². The third-order valence-corrected chi connectivity index (χ3v) is 6.93. The summed E-state index contributed by atoms with van der Waals surface area (Å²) in [5.74, 6) is -0.564. The zero-order valence-electron chi connectivity index (χ0n) is 13.6. The van der Waals surface area contributed by atoms with Crippen LogP contribution in [0.4, 0.5) is 0 Å². The maximum Gasteiger partial charge on any atom is 0.339 e. The average Bonchev–Trinajstić information content (AvgIpc) is 2.99. The summed E-state index contributed by atoms with van der Waals surface area (Å²) < 4.78 is 33.0. The molecule has 0 spiro atoms. The van der Waals surface area contributed by atoms with E-state index in [1.165, 1.54) is 19.2 Å². The molecule has 0 radical (unpaired) electrons. The van der Waals surface area contributed by atoms with Gasteiger partial charge in [0.1, 0.15) is 0 Å². The molecule has 1 saturated carbocycles. The molecule has 0 aromatic heterocycles. The molecule has 0 amide bonds. The van der Waals surface area contributed by atoms with Crippen molar-refractivity contribution in [3.63, 3.8) is 0 Å². The largest absolute Gasteiger partial charge is 0.465 e. The van der Waals surface area contributed by atoms with Crippen LogP contribution in [0.15, 0.2) is 27.6 Å². The standard InChI is InChI=1S/C16H22BrNO4S/c1-11(2)18(12-6-4-5-7-12)23(20,21)13-8-9-15(17)14(10-13)16(19)22-3/h8-12H,4-7H2,1-3H3. The van der Waals surface area contributed by atoms with Gasteiger partial charge in [-0.05, 0) is 60.8 Å². The van der Waals surface area contributed by atoms with Gasteiger partial charge >= 0.3 is 5.97 Å². The number of halogens is 1. The Balaban J connectivity index is 2.47. The first-order valence-electron chi connectivity index (χ1n) is 7.70. The zero-order chi connectivity index (χ0) is 17.2. The summed E-state index contributed by atoms with van der Waals surface area (Å²) >= 11 is 3.26. The number of carbonyl (C=O) groups excluding carboxylic acids is 1. The van der Waals surface area contributed by atoms with Crippen molar-refractivity contribution in [2.24, 2.45) is 0 Å². The quantitative estimate of drug-likeness (QED) is 0.704. The molecule has 1 aromatic carbocycles. The molecule has 7 heteroatoms. The van der Waals surface area contributed by atoms with E-state index in [1.807, 2.05) is 13.8 Å². The first-order chi connectivity index (χ1) is 10.8. The zero-order valence-corrected chi connectivity index (χ0v) is 16.0. The van der Waals surface area contributed by atoms with Crippen LogP contribution >= 0.6 is 15.9 Å². The predicted octanol–water partition coefficient (Wildman–Crippen LogP) is 3.58. The molecule has 0 bridgehead atoms. The van der Waals surface area contributed by atoms with E-state index in [4.69, 9.17) is 4.74 Å². The minimum Gasteiger partial charge on any atom is -0.465 e. The van der Waals surface area contributed by atoms with Crippen molar-refractivity contribution in [1.82, 2.24) is 4.31 Å². The summed E-state index contributed by atoms with van der Waals surface area (Å²) in [6.07, 6.45) is 3.88. The van der Waals surface area contributed by atoms with Gasteiger partial charge in [0.05, 0.1) is 17.6 Å². The average molecular weight is 404 g/mol. The summed E-state index contributed by atoms with van der Waals surface area (Å²) in [5, 5.41) is 0. The first kappa shape index (κ1) is 18.4. The number of nitrogens with zero attached hydrogens (tertiary/aromatic N) is 1. The SMILES string of the molecule is COC(=O)c1cc(S(=O)(=O)N(C(C)C)C2CCCC2)ccc1Br. The molecule has 0 N–H and O–H groups in total. The molecular formula is C16H22BrNO4S. The maximum absolute atomic E-state index is 13.1. The van der Waals surface area contributed by atoms with Gasteiger partial charge in [-0.2, -0.15) is 4.31 Å². The molecule has 23 heavy (non-hydrogen) atoms. The Morgan fingerprint density at radius 2 is 1.91 bits per heavy atom. The molecular weight excluding hydrogens is 382 g/mol. The van der Waals surface area contributed by atoms with E-state index in [1.54, 1.807) is 10.4 Å². The van der Waals surface area contributed by atoms with Gasteiger partial charge in [-0.3, -0.25) is 0 Å². The van der Waals surface area contributed by atoms with Gasteiger partial charge < -0.3 is 4.74 Å². The molecule has 0 unspecified atom stereocenters. The Labute approximate surface area is 146 Å². The fraction of sp³-hybridized carbons (Fsp3) is 0.562. The number of ether oxygens (including phenoxy) is 1. The number of carbonyl (C=O) groups is 1. The van der Waals surface area contributed by atoms with E-state index in [0.29, 0.717) is 4.47 Å². The van der Waals surface area contributed by atoms with Gasteiger partial charge in [-0.25, -0.2) is 13.2 Å². The normalized spacial score (nSPS) is 16.3. The lowest BCUT2D eigenvalue weighted by Crippen LogP contribution is -2.43. The lowest BCUT2D eigenvalue weighted by atomic mass is 10.2. The van der Waals surface area contributed by atoms with Crippen LogP contribution in [-0.4, -0.2) is 37.9 Å². The van der Waals surface area contributed by atoms with Gasteiger partial charge in [0.25, 0.3) is 0 Å². The highest BCUT2D eigenvalue weighted by molar-refractivity contribution is 9.10. The van der Waals surface area contributed by atoms with Crippen LogP contribution < -0.4 is 0 Å². The van der Waals surface area contributed by atoms with E-state index in [9.17, 15) is 13.2 Å². The fourth-order valence-electron chi connectivity index (χ4n) is 3.11. The molecule has 0 aliphatic heterocycles. The number of methoxy groups -OCH3 is 1. The Kier molecular flexibility index (Phi) is 5.86. The van der Waals surface area contributed by atoms with Crippen molar-refractivity contribution in [1.29, 1.82) is 0 Å². The first-order valence-corrected chi connectivity index (χ1v) is 9.93. The molecule has 2 rings (SSSR count). The smallest absolute Gasteiger partial charge is 0.339 e. The number of hydrogen-bond donors (Lipinski definition) is 0. The minimum absolute atomic E-state index is 0.0326. The van der Waals surface area contributed by atoms with Crippen LogP contribution in [0, 0.1) is 0 Å². The molecule has 5 nitrogen and oxygen atoms in total. The van der Waals surface area contributed by atoms with E-state index in [-0.39, 0.29) is 22.5 Å². The maximum atomic E-state index is 13.1. The predicted molar refractivity (Wildman–Crippen MR) is 91.9 cm³/mol. The molecule has 0 atom stereocenters. The Morgan fingerprint density at radius 1 is 1.30 bits per heavy atom. The topological polar surface area (TPSA) is 63.7 Å². The second-order valence-electron chi connectivity index (χ2n) is 6.00. The van der Waals surface area contributed by atoms with Crippen molar-refractivity contribution < 1.29 is 17.9 Å². The van der Waals surface area contributed by atoms with Gasteiger partial charge in [0.2, 0.25) is 10.0 Å². The van der Waals surface area contributed by atoms with E-state index >= 15 is 0 Å². The highest BCUT2D eigenvalue weighted by Gasteiger charge is 2.35. The second-order valence-corrected chi connectivity index (χ2v) is 8.70. The van der Waals surface area contributed by atoms with Crippen LogP contribution in [0.25, 0.3) is 0 Å². The molecule has 128 valence electrons. The molecule has 0 heterocycles. The van der Waals surface area contributed by atoms with Crippen molar-refractivity contribution in [3.8, 4) is 0 Å². The van der Waals surface area contributed by atoms with Crippen molar-refractivity contribution >= 4 is 31.9 Å². The molecule has 1 aliphatic carbocycles. The number of esters is 1. The monoisotopic (exact) mass is 403 g/mol. The third-order valence-electron chi connectivity index (χ3n) is 4.11. The lowest BCUT2D eigenvalue weighted by Gasteiger charge is -2.31. The molecule has 1 fully saturated rings. The van der Waals surface area contributed by atoms with Crippen molar-refractivity contribution in [3.05, 3.63) is 28.2 Å². The highest BCUT2D eigenvalue weighted by atomic mass is 79.9. The van der Waals surface area contributed by atoms with Crippen molar-refractivity contribution in [2.75, 3.05) is 7.11 Å². The Hall–Kier alpha value is -0.920. The van der Waals surface area contributed by atoms with Gasteiger partial charge in [0, 0.05) is 16.6 Å². The highest BCUT2D eigenvalue weighted by Crippen LogP contribution is 2.32. The molecule has 0 saturated heterocycles. The van der Waals surface area contributed by atoms with Crippen LogP contribution in [0.1, 0.15) is 49.9 Å². The minimum atomic E-state index is -3.66. The van der Waals surface area contributed by atoms with Crippen LogP contribution in [-0.2, 0) is 14.8 Å². The molecule has 1 aromatic rings. The fourth-order valence-corrected chi connectivity index (χ4v) is 5.42. The Morgan fingerprint density at radius 3 is 2.43 bits per heavy atom. The third kappa shape index (κ3) is 3.78. The van der Waals surface area contributed by atoms with E-state index in [2.05, 4.69) is 15.9 Å². The van der Waals surface area contributed by atoms with Crippen LogP contribution in [0.3, 0.4) is 0 Å². The summed E-state index contributed by atoms with van der Waals surface area (Å²) in [6, 6.07) is 4.39. The summed E-state index contributed by atoms with van der Waals surface area (Å²) in [6.45, 7) is 3.77. The lowest BCUT2D eigenvalue weighted by molar-refractivity contribution is 0.0599. The summed E-state index contributed by atoms with van der Waals surface area (Å²) in [7, 11) is -2.39. The summed E-state index contributed by atoms with van der Waals surface area (Å²) in [4.78, 5) is 11.9. The van der Waals surface area contributed by atoms with E-state index < -0.39 is 16.0 Å². The van der Waals surface area contributed by atoms with Crippen molar-refractivity contribution in [2.45, 2.75) is 56.5 Å². The number of benzene rings is 1. The second kappa shape index (κ2) is 7.32. The number of rotatable bonds is 5. The van der Waals surface area contributed by atoms with Gasteiger partial charge in [-0.1, -0.05) is 12.8 Å². The van der Waals surface area contributed by atoms with Gasteiger partial charge in [0.15, 0.2) is 0 Å². The summed E-state index contributed by atoms with van der Waals surface area (Å²) in [5.41, 5.74) is 0.212. The van der Waals surface area contributed by atoms with E-state index in [0.717, 1.165) is 25.7 Å².